The number of amides is 2. The Labute approximate surface area is 124 Å². The molecule has 2 rings (SSSR count). The lowest BCUT2D eigenvalue weighted by Gasteiger charge is -2.15. The molecule has 2 amide bonds. The molecule has 0 saturated heterocycles. The van der Waals surface area contributed by atoms with E-state index >= 15 is 0 Å². The molecule has 1 fully saturated rings. The van der Waals surface area contributed by atoms with E-state index < -0.39 is 5.91 Å². The molecule has 5 N–H and O–H groups in total. The Hall–Kier alpha value is -1.59. The van der Waals surface area contributed by atoms with Crippen molar-refractivity contribution in [3.05, 3.63) is 29.8 Å². The largest absolute Gasteiger partial charge is 0.366 e. The number of carbonyl (C=O) groups is 2. The van der Waals surface area contributed by atoms with E-state index in [4.69, 9.17) is 11.5 Å². The Balaban J connectivity index is 0.00000200. The first kappa shape index (κ1) is 16.5. The van der Waals surface area contributed by atoms with E-state index in [9.17, 15) is 9.59 Å². The Morgan fingerprint density at radius 2 is 1.95 bits per heavy atom. The Bertz CT molecular complexity index is 493. The van der Waals surface area contributed by atoms with Crippen molar-refractivity contribution in [3.8, 4) is 0 Å². The maximum Gasteiger partial charge on any atom is 0.250 e. The fourth-order valence-electron chi connectivity index (χ4n) is 2.57. The van der Waals surface area contributed by atoms with Crippen LogP contribution in [0, 0.1) is 5.92 Å². The van der Waals surface area contributed by atoms with Crippen LogP contribution in [0.1, 0.15) is 36.0 Å². The molecule has 20 heavy (non-hydrogen) atoms. The smallest absolute Gasteiger partial charge is 0.250 e. The number of para-hydroxylation sites is 1. The zero-order valence-electron chi connectivity index (χ0n) is 11.2. The van der Waals surface area contributed by atoms with Crippen molar-refractivity contribution in [1.29, 1.82) is 0 Å². The number of benzene rings is 1. The summed E-state index contributed by atoms with van der Waals surface area (Å²) in [5, 5.41) is 2.74. The zero-order valence-corrected chi connectivity index (χ0v) is 12.0. The summed E-state index contributed by atoms with van der Waals surface area (Å²) >= 11 is 0. The molecule has 6 heteroatoms. The molecule has 1 aliphatic rings. The van der Waals surface area contributed by atoms with Crippen LogP contribution >= 0.6 is 12.4 Å². The zero-order chi connectivity index (χ0) is 13.8. The van der Waals surface area contributed by atoms with Gasteiger partial charge in [0, 0.05) is 12.5 Å². The summed E-state index contributed by atoms with van der Waals surface area (Å²) in [6.07, 6.45) is 3.45. The Morgan fingerprint density at radius 1 is 1.25 bits per heavy atom. The lowest BCUT2D eigenvalue weighted by atomic mass is 10.00. The number of nitrogens with one attached hydrogen (secondary N) is 1. The standard InChI is InChI=1S/C14H19N3O2.ClH/c15-11-6-3-4-9(11)8-13(18)17-12-7-2-1-5-10(12)14(16)19;/h1-2,5,7,9,11H,3-4,6,8,15H2,(H2,16,19)(H,17,18);1H/t9-,11+;/m0./s1. The van der Waals surface area contributed by atoms with E-state index in [1.165, 1.54) is 0 Å². The quantitative estimate of drug-likeness (QED) is 0.788. The number of rotatable bonds is 4. The topological polar surface area (TPSA) is 98.2 Å². The van der Waals surface area contributed by atoms with Gasteiger partial charge in [0.1, 0.15) is 0 Å². The summed E-state index contributed by atoms with van der Waals surface area (Å²) in [5.41, 5.74) is 12.0. The molecule has 2 atom stereocenters. The number of primary amides is 1. The Kier molecular flexibility index (Phi) is 5.98. The molecule has 1 aromatic rings. The minimum absolute atomic E-state index is 0. The van der Waals surface area contributed by atoms with Crippen LogP contribution in [0.3, 0.4) is 0 Å². The van der Waals surface area contributed by atoms with Crippen molar-refractivity contribution in [3.63, 3.8) is 0 Å². The first-order valence-electron chi connectivity index (χ1n) is 6.52. The highest BCUT2D eigenvalue weighted by atomic mass is 35.5. The third-order valence-corrected chi connectivity index (χ3v) is 3.63. The van der Waals surface area contributed by atoms with Crippen LogP contribution in [0.4, 0.5) is 5.69 Å². The number of halogens is 1. The summed E-state index contributed by atoms with van der Waals surface area (Å²) in [7, 11) is 0. The van der Waals surface area contributed by atoms with Gasteiger partial charge in [-0.2, -0.15) is 0 Å². The van der Waals surface area contributed by atoms with Gasteiger partial charge in [-0.1, -0.05) is 18.6 Å². The lowest BCUT2D eigenvalue weighted by Crippen LogP contribution is -2.28. The van der Waals surface area contributed by atoms with Crippen LogP contribution in [0.15, 0.2) is 24.3 Å². The van der Waals surface area contributed by atoms with Crippen LogP contribution in [0.2, 0.25) is 0 Å². The lowest BCUT2D eigenvalue weighted by molar-refractivity contribution is -0.117. The van der Waals surface area contributed by atoms with Crippen molar-refractivity contribution in [2.45, 2.75) is 31.7 Å². The number of nitrogens with two attached hydrogens (primary N) is 2. The van der Waals surface area contributed by atoms with Gasteiger partial charge in [-0.15, -0.1) is 12.4 Å². The first-order chi connectivity index (χ1) is 9.08. The second kappa shape index (κ2) is 7.26. The van der Waals surface area contributed by atoms with Crippen molar-refractivity contribution in [1.82, 2.24) is 0 Å². The summed E-state index contributed by atoms with van der Waals surface area (Å²) in [4.78, 5) is 23.2. The fourth-order valence-corrected chi connectivity index (χ4v) is 2.57. The molecule has 0 radical (unpaired) electrons. The van der Waals surface area contributed by atoms with E-state index in [0.717, 1.165) is 19.3 Å². The van der Waals surface area contributed by atoms with Gasteiger partial charge in [-0.05, 0) is 30.9 Å². The van der Waals surface area contributed by atoms with Crippen LogP contribution in [0.5, 0.6) is 0 Å². The predicted molar refractivity (Wildman–Crippen MR) is 80.8 cm³/mol. The van der Waals surface area contributed by atoms with Gasteiger partial charge in [-0.25, -0.2) is 0 Å². The van der Waals surface area contributed by atoms with Gasteiger partial charge in [0.2, 0.25) is 5.91 Å². The molecule has 0 unspecified atom stereocenters. The number of carbonyl (C=O) groups excluding carboxylic acids is 2. The minimum Gasteiger partial charge on any atom is -0.366 e. The van der Waals surface area contributed by atoms with Crippen LogP contribution in [-0.2, 0) is 4.79 Å². The summed E-state index contributed by atoms with van der Waals surface area (Å²) in [6, 6.07) is 6.84. The average Bonchev–Trinajstić information content (AvgIpc) is 2.75. The summed E-state index contributed by atoms with van der Waals surface area (Å²) in [5.74, 6) is -0.426. The number of anilines is 1. The molecule has 0 aliphatic heterocycles. The second-order valence-corrected chi connectivity index (χ2v) is 5.02. The molecule has 1 saturated carbocycles. The third kappa shape index (κ3) is 3.95. The highest BCUT2D eigenvalue weighted by Crippen LogP contribution is 2.27. The maximum atomic E-state index is 12.0. The van der Waals surface area contributed by atoms with E-state index in [0.29, 0.717) is 17.7 Å². The normalized spacial score (nSPS) is 21.1. The number of hydrogen-bond acceptors (Lipinski definition) is 3. The summed E-state index contributed by atoms with van der Waals surface area (Å²) < 4.78 is 0. The molecular weight excluding hydrogens is 278 g/mol. The molecule has 0 aromatic heterocycles. The molecule has 1 aliphatic carbocycles. The molecule has 1 aromatic carbocycles. The number of hydrogen-bond donors (Lipinski definition) is 3. The molecule has 0 heterocycles. The molecule has 110 valence electrons. The maximum absolute atomic E-state index is 12.0. The van der Waals surface area contributed by atoms with Gasteiger partial charge in [0.25, 0.3) is 5.91 Å². The van der Waals surface area contributed by atoms with Gasteiger partial charge in [0.05, 0.1) is 11.3 Å². The highest BCUT2D eigenvalue weighted by Gasteiger charge is 2.26. The SMILES string of the molecule is Cl.NC(=O)c1ccccc1NC(=O)C[C@@H]1CCC[C@H]1N. The van der Waals surface area contributed by atoms with Gasteiger partial charge < -0.3 is 16.8 Å². The van der Waals surface area contributed by atoms with Gasteiger partial charge in [0.15, 0.2) is 0 Å². The van der Waals surface area contributed by atoms with Crippen LogP contribution in [0.25, 0.3) is 0 Å². The van der Waals surface area contributed by atoms with Crippen molar-refractivity contribution >= 4 is 29.9 Å². The van der Waals surface area contributed by atoms with E-state index in [2.05, 4.69) is 5.32 Å². The van der Waals surface area contributed by atoms with Crippen molar-refractivity contribution in [2.24, 2.45) is 17.4 Å². The monoisotopic (exact) mass is 297 g/mol. The predicted octanol–water partition coefficient (Wildman–Crippen LogP) is 1.66. The summed E-state index contributed by atoms with van der Waals surface area (Å²) in [6.45, 7) is 0. The average molecular weight is 298 g/mol. The molecule has 0 bridgehead atoms. The second-order valence-electron chi connectivity index (χ2n) is 5.02. The van der Waals surface area contributed by atoms with Gasteiger partial charge in [-0.3, -0.25) is 9.59 Å². The highest BCUT2D eigenvalue weighted by molar-refractivity contribution is 6.03. The van der Waals surface area contributed by atoms with Crippen molar-refractivity contribution in [2.75, 3.05) is 5.32 Å². The Morgan fingerprint density at radius 3 is 2.55 bits per heavy atom. The van der Waals surface area contributed by atoms with Gasteiger partial charge >= 0.3 is 0 Å². The van der Waals surface area contributed by atoms with E-state index in [-0.39, 0.29) is 30.3 Å². The van der Waals surface area contributed by atoms with Crippen LogP contribution in [-0.4, -0.2) is 17.9 Å². The van der Waals surface area contributed by atoms with Crippen LogP contribution < -0.4 is 16.8 Å². The molecular formula is C14H20ClN3O2. The third-order valence-electron chi connectivity index (χ3n) is 3.63. The minimum atomic E-state index is -0.548. The van der Waals surface area contributed by atoms with Crippen molar-refractivity contribution < 1.29 is 9.59 Å². The van der Waals surface area contributed by atoms with E-state index in [1.54, 1.807) is 24.3 Å². The molecule has 0 spiro atoms. The van der Waals surface area contributed by atoms with E-state index in [1.807, 2.05) is 0 Å². The first-order valence-corrected chi connectivity index (χ1v) is 6.52. The molecule has 5 nitrogen and oxygen atoms in total. The fraction of sp³-hybridized carbons (Fsp3) is 0.429.